The minimum absolute atomic E-state index is 0.139. The van der Waals surface area contributed by atoms with Crippen LogP contribution in [0, 0.1) is 5.82 Å². The Morgan fingerprint density at radius 3 is 2.43 bits per heavy atom. The van der Waals surface area contributed by atoms with E-state index < -0.39 is 0 Å². The summed E-state index contributed by atoms with van der Waals surface area (Å²) in [7, 11) is 4.16. The van der Waals surface area contributed by atoms with Gasteiger partial charge in [-0.3, -0.25) is 4.90 Å². The Morgan fingerprint density at radius 2 is 1.90 bits per heavy atom. The third kappa shape index (κ3) is 5.73. The van der Waals surface area contributed by atoms with Gasteiger partial charge in [-0.15, -0.1) is 0 Å². The van der Waals surface area contributed by atoms with E-state index in [1.807, 2.05) is 6.07 Å². The van der Waals surface area contributed by atoms with Crippen LogP contribution in [0.25, 0.3) is 0 Å². The highest BCUT2D eigenvalue weighted by molar-refractivity contribution is 5.19. The minimum Gasteiger partial charge on any atom is -0.329 e. The van der Waals surface area contributed by atoms with Gasteiger partial charge in [-0.05, 0) is 58.1 Å². The van der Waals surface area contributed by atoms with Gasteiger partial charge in [0, 0.05) is 25.2 Å². The van der Waals surface area contributed by atoms with E-state index in [1.165, 1.54) is 6.07 Å². The first-order valence-electron chi connectivity index (χ1n) is 7.75. The lowest BCUT2D eigenvalue weighted by atomic mass is 9.90. The van der Waals surface area contributed by atoms with Crippen molar-refractivity contribution in [2.24, 2.45) is 5.73 Å². The Hall–Kier alpha value is -0.970. The van der Waals surface area contributed by atoms with Crippen LogP contribution in [0.1, 0.15) is 25.8 Å². The van der Waals surface area contributed by atoms with Gasteiger partial charge in [0.25, 0.3) is 0 Å². The van der Waals surface area contributed by atoms with E-state index >= 15 is 0 Å². The number of nitrogens with two attached hydrogens (primary N) is 1. The maximum atomic E-state index is 13.4. The number of hydrogen-bond acceptors (Lipinski definition) is 3. The van der Waals surface area contributed by atoms with Gasteiger partial charge in [0.1, 0.15) is 5.82 Å². The molecule has 0 saturated heterocycles. The second kappa shape index (κ2) is 8.47. The molecule has 0 fully saturated rings. The second-order valence-corrected chi connectivity index (χ2v) is 6.30. The molecule has 0 aromatic heterocycles. The summed E-state index contributed by atoms with van der Waals surface area (Å²) in [5.41, 5.74) is 6.95. The lowest BCUT2D eigenvalue weighted by Crippen LogP contribution is -2.55. The quantitative estimate of drug-likeness (QED) is 0.759. The van der Waals surface area contributed by atoms with Crippen molar-refractivity contribution in [3.63, 3.8) is 0 Å². The predicted octanol–water partition coefficient (Wildman–Crippen LogP) is 2.36. The van der Waals surface area contributed by atoms with Crippen LogP contribution < -0.4 is 5.73 Å². The van der Waals surface area contributed by atoms with Crippen molar-refractivity contribution in [3.8, 4) is 0 Å². The normalized spacial score (nSPS) is 14.7. The lowest BCUT2D eigenvalue weighted by Gasteiger charge is -2.41. The Kier molecular flexibility index (Phi) is 7.29. The SMILES string of the molecule is CCCN(CCN(C)C)C(C)(CN)Cc1cccc(F)c1. The second-order valence-electron chi connectivity index (χ2n) is 6.30. The van der Waals surface area contributed by atoms with Crippen LogP contribution in [-0.4, -0.2) is 55.6 Å². The average molecular weight is 295 g/mol. The highest BCUT2D eigenvalue weighted by Gasteiger charge is 2.30. The molecule has 1 aromatic rings. The van der Waals surface area contributed by atoms with Crippen LogP contribution in [-0.2, 0) is 6.42 Å². The number of halogens is 1. The van der Waals surface area contributed by atoms with Gasteiger partial charge in [0.05, 0.1) is 0 Å². The molecule has 0 aliphatic carbocycles. The molecule has 120 valence electrons. The van der Waals surface area contributed by atoms with Crippen LogP contribution in [0.5, 0.6) is 0 Å². The smallest absolute Gasteiger partial charge is 0.123 e. The molecule has 0 aliphatic rings. The third-order valence-corrected chi connectivity index (χ3v) is 3.99. The number of nitrogens with zero attached hydrogens (tertiary/aromatic N) is 2. The van der Waals surface area contributed by atoms with Gasteiger partial charge >= 0.3 is 0 Å². The Bertz CT molecular complexity index is 422. The molecule has 1 aromatic carbocycles. The summed E-state index contributed by atoms with van der Waals surface area (Å²) >= 11 is 0. The molecule has 0 aliphatic heterocycles. The van der Waals surface area contributed by atoms with Gasteiger partial charge in [0.15, 0.2) is 0 Å². The van der Waals surface area contributed by atoms with Crippen molar-refractivity contribution >= 4 is 0 Å². The van der Waals surface area contributed by atoms with E-state index in [0.717, 1.165) is 38.0 Å². The molecule has 0 spiro atoms. The van der Waals surface area contributed by atoms with Crippen molar-refractivity contribution in [2.45, 2.75) is 32.2 Å². The molecule has 0 saturated carbocycles. The molecule has 0 amide bonds. The predicted molar refractivity (Wildman–Crippen MR) is 88.0 cm³/mol. The standard InChI is InChI=1S/C17H30FN3/c1-5-9-21(11-10-20(3)4)17(2,14-19)13-15-7-6-8-16(18)12-15/h6-8,12H,5,9-11,13-14,19H2,1-4H3. The van der Waals surface area contributed by atoms with Crippen LogP contribution in [0.4, 0.5) is 4.39 Å². The first-order valence-corrected chi connectivity index (χ1v) is 7.75. The zero-order valence-electron chi connectivity index (χ0n) is 13.9. The molecule has 3 nitrogen and oxygen atoms in total. The largest absolute Gasteiger partial charge is 0.329 e. The summed E-state index contributed by atoms with van der Waals surface area (Å²) < 4.78 is 13.4. The monoisotopic (exact) mass is 295 g/mol. The van der Waals surface area contributed by atoms with E-state index in [1.54, 1.807) is 12.1 Å². The Balaban J connectivity index is 2.86. The highest BCUT2D eigenvalue weighted by atomic mass is 19.1. The molecule has 2 N–H and O–H groups in total. The Labute approximate surface area is 128 Å². The zero-order valence-corrected chi connectivity index (χ0v) is 13.9. The maximum Gasteiger partial charge on any atom is 0.123 e. The van der Waals surface area contributed by atoms with Gasteiger partial charge < -0.3 is 10.6 Å². The van der Waals surface area contributed by atoms with Crippen molar-refractivity contribution in [3.05, 3.63) is 35.6 Å². The molecular weight excluding hydrogens is 265 g/mol. The maximum absolute atomic E-state index is 13.4. The first kappa shape index (κ1) is 18.1. The number of rotatable bonds is 9. The molecule has 4 heteroatoms. The van der Waals surface area contributed by atoms with Crippen molar-refractivity contribution < 1.29 is 4.39 Å². The lowest BCUT2D eigenvalue weighted by molar-refractivity contribution is 0.100. The molecule has 0 heterocycles. The van der Waals surface area contributed by atoms with E-state index in [0.29, 0.717) is 6.54 Å². The molecule has 0 bridgehead atoms. The summed E-state index contributed by atoms with van der Waals surface area (Å²) in [4.78, 5) is 4.62. The fourth-order valence-electron chi connectivity index (χ4n) is 2.64. The fraction of sp³-hybridized carbons (Fsp3) is 0.647. The van der Waals surface area contributed by atoms with E-state index in [4.69, 9.17) is 5.73 Å². The summed E-state index contributed by atoms with van der Waals surface area (Å²) in [6, 6.07) is 6.85. The summed E-state index contributed by atoms with van der Waals surface area (Å²) in [6.45, 7) is 7.92. The van der Waals surface area contributed by atoms with Gasteiger partial charge in [-0.25, -0.2) is 4.39 Å². The van der Waals surface area contributed by atoms with E-state index in [-0.39, 0.29) is 11.4 Å². The number of likely N-dealkylation sites (N-methyl/N-ethyl adjacent to an activating group) is 1. The molecule has 1 atom stereocenters. The zero-order chi connectivity index (χ0) is 15.9. The number of benzene rings is 1. The average Bonchev–Trinajstić information content (AvgIpc) is 2.43. The van der Waals surface area contributed by atoms with Gasteiger partial charge in [0.2, 0.25) is 0 Å². The molecule has 1 unspecified atom stereocenters. The van der Waals surface area contributed by atoms with Gasteiger partial charge in [-0.2, -0.15) is 0 Å². The molecule has 1 rings (SSSR count). The Morgan fingerprint density at radius 1 is 1.19 bits per heavy atom. The number of hydrogen-bond donors (Lipinski definition) is 1. The van der Waals surface area contributed by atoms with E-state index in [9.17, 15) is 4.39 Å². The summed E-state index contributed by atoms with van der Waals surface area (Å²) in [5.74, 6) is -0.179. The van der Waals surface area contributed by atoms with Crippen LogP contribution in [0.2, 0.25) is 0 Å². The van der Waals surface area contributed by atoms with Crippen molar-refractivity contribution in [1.29, 1.82) is 0 Å². The van der Waals surface area contributed by atoms with Crippen LogP contribution >= 0.6 is 0 Å². The van der Waals surface area contributed by atoms with Gasteiger partial charge in [-0.1, -0.05) is 19.1 Å². The minimum atomic E-state index is -0.179. The molecular formula is C17H30FN3. The third-order valence-electron chi connectivity index (χ3n) is 3.99. The van der Waals surface area contributed by atoms with Crippen molar-refractivity contribution in [2.75, 3.05) is 40.3 Å². The highest BCUT2D eigenvalue weighted by Crippen LogP contribution is 2.21. The van der Waals surface area contributed by atoms with E-state index in [2.05, 4.69) is 37.7 Å². The van der Waals surface area contributed by atoms with Crippen LogP contribution in [0.15, 0.2) is 24.3 Å². The fourth-order valence-corrected chi connectivity index (χ4v) is 2.64. The topological polar surface area (TPSA) is 32.5 Å². The van der Waals surface area contributed by atoms with Crippen molar-refractivity contribution in [1.82, 2.24) is 9.80 Å². The summed E-state index contributed by atoms with van der Waals surface area (Å²) in [6.07, 6.45) is 1.86. The van der Waals surface area contributed by atoms with Crippen LogP contribution in [0.3, 0.4) is 0 Å². The molecule has 0 radical (unpaired) electrons. The summed E-state index contributed by atoms with van der Waals surface area (Å²) in [5, 5.41) is 0. The first-order chi connectivity index (χ1) is 9.91. The molecule has 21 heavy (non-hydrogen) atoms.